The van der Waals surface area contributed by atoms with Crippen molar-refractivity contribution >= 4 is 5.78 Å². The van der Waals surface area contributed by atoms with E-state index in [0.29, 0.717) is 18.2 Å². The number of likely N-dealkylation sites (tertiary alicyclic amines) is 1. The smallest absolute Gasteiger partial charge is 0.138 e. The first-order valence-electron chi connectivity index (χ1n) is 5.47. The van der Waals surface area contributed by atoms with Crippen molar-refractivity contribution in [3.05, 3.63) is 24.2 Å². The zero-order valence-electron chi connectivity index (χ0n) is 9.27. The Labute approximate surface area is 90.1 Å². The van der Waals surface area contributed by atoms with Crippen LogP contribution < -0.4 is 0 Å². The van der Waals surface area contributed by atoms with E-state index in [4.69, 9.17) is 4.42 Å². The molecule has 0 spiro atoms. The van der Waals surface area contributed by atoms with Crippen molar-refractivity contribution in [3.8, 4) is 0 Å². The lowest BCUT2D eigenvalue weighted by Crippen LogP contribution is -2.46. The molecule has 0 radical (unpaired) electrons. The van der Waals surface area contributed by atoms with Crippen LogP contribution in [0.1, 0.15) is 26.0 Å². The van der Waals surface area contributed by atoms with Crippen molar-refractivity contribution in [3.63, 3.8) is 0 Å². The molecule has 0 bridgehead atoms. The fraction of sp³-hybridized carbons (Fsp3) is 0.583. The van der Waals surface area contributed by atoms with E-state index in [0.717, 1.165) is 18.8 Å². The molecule has 2 rings (SSSR count). The molecule has 2 atom stereocenters. The molecule has 0 saturated carbocycles. The number of carbonyl (C=O) groups excluding carboxylic acids is 1. The molecule has 1 aromatic heterocycles. The fourth-order valence-electron chi connectivity index (χ4n) is 2.10. The molecular formula is C12H17NO2. The maximum absolute atomic E-state index is 11.5. The van der Waals surface area contributed by atoms with Gasteiger partial charge in [0.25, 0.3) is 0 Å². The van der Waals surface area contributed by atoms with Crippen LogP contribution in [0.15, 0.2) is 22.8 Å². The molecule has 0 unspecified atom stereocenters. The molecule has 1 fully saturated rings. The summed E-state index contributed by atoms with van der Waals surface area (Å²) in [5.41, 5.74) is 0. The third kappa shape index (κ3) is 2.12. The van der Waals surface area contributed by atoms with Crippen molar-refractivity contribution in [2.75, 3.05) is 6.54 Å². The van der Waals surface area contributed by atoms with E-state index in [1.165, 1.54) is 0 Å². The molecule has 1 aliphatic rings. The number of carbonyl (C=O) groups is 1. The Balaban J connectivity index is 2.01. The van der Waals surface area contributed by atoms with Gasteiger partial charge in [-0.3, -0.25) is 9.69 Å². The molecule has 1 aliphatic heterocycles. The number of Topliss-reactive ketones (excluding diaryl/α,β-unsaturated/α-hetero) is 1. The van der Waals surface area contributed by atoms with Gasteiger partial charge in [0.1, 0.15) is 11.5 Å². The van der Waals surface area contributed by atoms with E-state index < -0.39 is 0 Å². The Morgan fingerprint density at radius 3 is 3.00 bits per heavy atom. The average Bonchev–Trinajstić information content (AvgIpc) is 2.72. The Bertz CT molecular complexity index is 331. The van der Waals surface area contributed by atoms with Gasteiger partial charge in [-0.05, 0) is 19.1 Å². The summed E-state index contributed by atoms with van der Waals surface area (Å²) in [6.45, 7) is 5.79. The molecule has 15 heavy (non-hydrogen) atoms. The molecule has 1 saturated heterocycles. The second kappa shape index (κ2) is 4.19. The summed E-state index contributed by atoms with van der Waals surface area (Å²) in [6, 6.07) is 4.20. The molecule has 3 nitrogen and oxygen atoms in total. The van der Waals surface area contributed by atoms with Crippen LogP contribution in [0.2, 0.25) is 0 Å². The number of nitrogens with zero attached hydrogens (tertiary/aromatic N) is 1. The molecule has 82 valence electrons. The monoisotopic (exact) mass is 207 g/mol. The van der Waals surface area contributed by atoms with Crippen LogP contribution >= 0.6 is 0 Å². The van der Waals surface area contributed by atoms with Gasteiger partial charge in [-0.15, -0.1) is 0 Å². The quantitative estimate of drug-likeness (QED) is 0.744. The van der Waals surface area contributed by atoms with Crippen molar-refractivity contribution < 1.29 is 9.21 Å². The second-order valence-electron chi connectivity index (χ2n) is 4.30. The average molecular weight is 207 g/mol. The molecule has 3 heteroatoms. The summed E-state index contributed by atoms with van der Waals surface area (Å²) >= 11 is 0. The van der Waals surface area contributed by atoms with Gasteiger partial charge in [0.05, 0.1) is 12.8 Å². The van der Waals surface area contributed by atoms with Crippen molar-refractivity contribution in [2.45, 2.75) is 32.9 Å². The van der Waals surface area contributed by atoms with E-state index in [2.05, 4.69) is 11.8 Å². The lowest BCUT2D eigenvalue weighted by atomic mass is 9.91. The van der Waals surface area contributed by atoms with Gasteiger partial charge >= 0.3 is 0 Å². The van der Waals surface area contributed by atoms with Crippen molar-refractivity contribution in [1.29, 1.82) is 0 Å². The zero-order chi connectivity index (χ0) is 10.8. The summed E-state index contributed by atoms with van der Waals surface area (Å²) in [6.07, 6.45) is 2.37. The predicted octanol–water partition coefficient (Wildman–Crippen LogP) is 2.08. The first-order valence-corrected chi connectivity index (χ1v) is 5.47. The minimum absolute atomic E-state index is 0.147. The van der Waals surface area contributed by atoms with E-state index in [9.17, 15) is 4.79 Å². The Kier molecular flexibility index (Phi) is 2.91. The second-order valence-corrected chi connectivity index (χ2v) is 4.30. The van der Waals surface area contributed by atoms with E-state index in [-0.39, 0.29) is 5.92 Å². The summed E-state index contributed by atoms with van der Waals surface area (Å²) in [4.78, 5) is 13.8. The van der Waals surface area contributed by atoms with Crippen LogP contribution in [0.3, 0.4) is 0 Å². The normalized spacial score (nSPS) is 28.3. The number of hydrogen-bond acceptors (Lipinski definition) is 3. The van der Waals surface area contributed by atoms with Crippen LogP contribution in [0, 0.1) is 5.92 Å². The maximum Gasteiger partial charge on any atom is 0.138 e. The van der Waals surface area contributed by atoms with Crippen molar-refractivity contribution in [1.82, 2.24) is 4.90 Å². The van der Waals surface area contributed by atoms with Gasteiger partial charge in [-0.1, -0.05) is 6.92 Å². The van der Waals surface area contributed by atoms with E-state index >= 15 is 0 Å². The first-order chi connectivity index (χ1) is 7.18. The van der Waals surface area contributed by atoms with Crippen LogP contribution in [-0.2, 0) is 11.3 Å². The maximum atomic E-state index is 11.5. The largest absolute Gasteiger partial charge is 0.468 e. The molecule has 0 N–H and O–H groups in total. The Morgan fingerprint density at radius 1 is 1.53 bits per heavy atom. The number of ketones is 1. The lowest BCUT2D eigenvalue weighted by Gasteiger charge is -2.36. The third-order valence-electron chi connectivity index (χ3n) is 3.39. The molecule has 0 aromatic carbocycles. The fourth-order valence-corrected chi connectivity index (χ4v) is 2.10. The van der Waals surface area contributed by atoms with E-state index in [1.807, 2.05) is 19.1 Å². The Morgan fingerprint density at radius 2 is 2.33 bits per heavy atom. The topological polar surface area (TPSA) is 33.5 Å². The highest BCUT2D eigenvalue weighted by atomic mass is 16.3. The zero-order valence-corrected chi connectivity index (χ0v) is 9.27. The van der Waals surface area contributed by atoms with Crippen LogP contribution in [0.5, 0.6) is 0 Å². The van der Waals surface area contributed by atoms with Crippen LogP contribution in [0.4, 0.5) is 0 Å². The summed E-state index contributed by atoms with van der Waals surface area (Å²) in [5.74, 6) is 1.51. The Hall–Kier alpha value is -1.09. The van der Waals surface area contributed by atoms with Gasteiger partial charge in [0, 0.05) is 24.9 Å². The highest BCUT2D eigenvalue weighted by Crippen LogP contribution is 2.22. The summed E-state index contributed by atoms with van der Waals surface area (Å²) < 4.78 is 5.32. The highest BCUT2D eigenvalue weighted by molar-refractivity contribution is 5.82. The molecule has 2 heterocycles. The van der Waals surface area contributed by atoms with Crippen LogP contribution in [-0.4, -0.2) is 23.3 Å². The number of furan rings is 1. The molecular weight excluding hydrogens is 190 g/mol. The third-order valence-corrected chi connectivity index (χ3v) is 3.39. The van der Waals surface area contributed by atoms with Gasteiger partial charge in [0.15, 0.2) is 0 Å². The summed E-state index contributed by atoms with van der Waals surface area (Å²) in [5, 5.41) is 0. The van der Waals surface area contributed by atoms with Gasteiger partial charge in [0.2, 0.25) is 0 Å². The predicted molar refractivity (Wildman–Crippen MR) is 57.4 cm³/mol. The van der Waals surface area contributed by atoms with E-state index in [1.54, 1.807) is 6.26 Å². The van der Waals surface area contributed by atoms with Gasteiger partial charge in [-0.2, -0.15) is 0 Å². The summed E-state index contributed by atoms with van der Waals surface area (Å²) in [7, 11) is 0. The SMILES string of the molecule is C[C@@H]1C(=O)CCN(Cc2ccco2)[C@@H]1C. The first kappa shape index (κ1) is 10.4. The number of rotatable bonds is 2. The molecule has 0 aliphatic carbocycles. The van der Waals surface area contributed by atoms with Gasteiger partial charge < -0.3 is 4.42 Å². The minimum atomic E-state index is 0.147. The van der Waals surface area contributed by atoms with Crippen molar-refractivity contribution in [2.24, 2.45) is 5.92 Å². The standard InChI is InChI=1S/C12H17NO2/c1-9-10(2)13(6-5-12(9)14)8-11-4-3-7-15-11/h3-4,7,9-10H,5-6,8H2,1-2H3/t9-,10+/m0/s1. The molecule has 1 aromatic rings. The molecule has 0 amide bonds. The minimum Gasteiger partial charge on any atom is -0.468 e. The lowest BCUT2D eigenvalue weighted by molar-refractivity contribution is -0.128. The highest BCUT2D eigenvalue weighted by Gasteiger charge is 2.30. The van der Waals surface area contributed by atoms with Crippen LogP contribution in [0.25, 0.3) is 0 Å². The number of piperidine rings is 1. The number of hydrogen-bond donors (Lipinski definition) is 0. The van der Waals surface area contributed by atoms with Gasteiger partial charge in [-0.25, -0.2) is 0 Å².